The summed E-state index contributed by atoms with van der Waals surface area (Å²) in [5.41, 5.74) is 5.73. The molecule has 1 aromatic heterocycles. The summed E-state index contributed by atoms with van der Waals surface area (Å²) in [6.07, 6.45) is 1.03. The number of carbonyl (C=O) groups is 1. The van der Waals surface area contributed by atoms with E-state index in [0.29, 0.717) is 29.5 Å². The smallest absolute Gasteiger partial charge is 0.226 e. The molecule has 0 bridgehead atoms. The van der Waals surface area contributed by atoms with Crippen molar-refractivity contribution in [3.8, 4) is 17.2 Å². The van der Waals surface area contributed by atoms with E-state index in [1.54, 1.807) is 19.1 Å². The van der Waals surface area contributed by atoms with Gasteiger partial charge in [0.1, 0.15) is 0 Å². The van der Waals surface area contributed by atoms with E-state index in [1.807, 2.05) is 68.9 Å². The zero-order valence-electron chi connectivity index (χ0n) is 19.5. The molecule has 3 aromatic rings. The molecular formula is C25H30ClN3O3. The monoisotopic (exact) mass is 455 g/mol. The Bertz CT molecular complexity index is 1120. The third kappa shape index (κ3) is 5.07. The highest BCUT2D eigenvalue weighted by Gasteiger charge is 2.18. The summed E-state index contributed by atoms with van der Waals surface area (Å²) in [7, 11) is 5.06. The summed E-state index contributed by atoms with van der Waals surface area (Å²) in [5, 5.41) is 5.35. The van der Waals surface area contributed by atoms with Gasteiger partial charge in [-0.05, 0) is 62.6 Å². The van der Waals surface area contributed by atoms with Crippen LogP contribution in [0.15, 0.2) is 36.4 Å². The number of rotatable bonds is 8. The van der Waals surface area contributed by atoms with Crippen LogP contribution >= 0.6 is 11.6 Å². The maximum atomic E-state index is 12.9. The lowest BCUT2D eigenvalue weighted by atomic mass is 10.1. The Morgan fingerprint density at radius 2 is 1.78 bits per heavy atom. The number of hydrogen-bond acceptors (Lipinski definition) is 4. The molecule has 0 aliphatic heterocycles. The van der Waals surface area contributed by atoms with Gasteiger partial charge in [-0.2, -0.15) is 5.10 Å². The topological polar surface area (TPSA) is 56.6 Å². The maximum absolute atomic E-state index is 12.9. The van der Waals surface area contributed by atoms with E-state index in [2.05, 4.69) is 5.10 Å². The highest BCUT2D eigenvalue weighted by Crippen LogP contribution is 2.28. The summed E-state index contributed by atoms with van der Waals surface area (Å²) in [4.78, 5) is 14.7. The van der Waals surface area contributed by atoms with Crippen molar-refractivity contribution in [2.24, 2.45) is 0 Å². The van der Waals surface area contributed by atoms with Crippen molar-refractivity contribution in [3.63, 3.8) is 0 Å². The molecule has 0 fully saturated rings. The van der Waals surface area contributed by atoms with Crippen molar-refractivity contribution in [1.29, 1.82) is 0 Å². The van der Waals surface area contributed by atoms with Crippen molar-refractivity contribution in [1.82, 2.24) is 14.7 Å². The Morgan fingerprint density at radius 3 is 2.44 bits per heavy atom. The van der Waals surface area contributed by atoms with Crippen LogP contribution in [0.3, 0.4) is 0 Å². The number of aromatic nitrogens is 2. The molecule has 170 valence electrons. The van der Waals surface area contributed by atoms with E-state index in [0.717, 1.165) is 40.2 Å². The number of likely N-dealkylation sites (N-methyl/N-ethyl adjacent to an activating group) is 1. The highest BCUT2D eigenvalue weighted by molar-refractivity contribution is 6.31. The number of hydrogen-bond donors (Lipinski definition) is 0. The molecule has 32 heavy (non-hydrogen) atoms. The van der Waals surface area contributed by atoms with Crippen molar-refractivity contribution in [3.05, 3.63) is 69.5 Å². The number of carbonyl (C=O) groups excluding carboxylic acids is 1. The first-order valence-corrected chi connectivity index (χ1v) is 10.9. The molecule has 7 heteroatoms. The normalized spacial score (nSPS) is 10.8. The molecular weight excluding hydrogens is 426 g/mol. The largest absolute Gasteiger partial charge is 0.493 e. The van der Waals surface area contributed by atoms with Crippen LogP contribution in [0.5, 0.6) is 11.5 Å². The average Bonchev–Trinajstić information content (AvgIpc) is 3.07. The zero-order chi connectivity index (χ0) is 23.4. The van der Waals surface area contributed by atoms with Gasteiger partial charge in [0.15, 0.2) is 11.5 Å². The minimum absolute atomic E-state index is 0.0539. The molecule has 0 spiro atoms. The van der Waals surface area contributed by atoms with E-state index in [9.17, 15) is 4.79 Å². The summed E-state index contributed by atoms with van der Waals surface area (Å²) in [6.45, 7) is 6.49. The second kappa shape index (κ2) is 10.1. The van der Waals surface area contributed by atoms with Gasteiger partial charge in [0, 0.05) is 29.9 Å². The molecule has 1 amide bonds. The Morgan fingerprint density at radius 1 is 1.06 bits per heavy atom. The minimum atomic E-state index is 0.0539. The van der Waals surface area contributed by atoms with Gasteiger partial charge in [-0.3, -0.25) is 4.79 Å². The molecule has 3 rings (SSSR count). The van der Waals surface area contributed by atoms with Crippen molar-refractivity contribution in [2.75, 3.05) is 27.8 Å². The predicted octanol–water partition coefficient (Wildman–Crippen LogP) is 4.71. The van der Waals surface area contributed by atoms with E-state index in [1.165, 1.54) is 0 Å². The lowest BCUT2D eigenvalue weighted by molar-refractivity contribution is -0.129. The van der Waals surface area contributed by atoms with Crippen LogP contribution in [0, 0.1) is 20.8 Å². The first-order chi connectivity index (χ1) is 15.2. The lowest BCUT2D eigenvalue weighted by Gasteiger charge is -2.18. The highest BCUT2D eigenvalue weighted by atomic mass is 35.5. The molecule has 0 aliphatic carbocycles. The quantitative estimate of drug-likeness (QED) is 0.493. The summed E-state index contributed by atoms with van der Waals surface area (Å²) < 4.78 is 12.5. The maximum Gasteiger partial charge on any atom is 0.226 e. The van der Waals surface area contributed by atoms with Gasteiger partial charge in [0.25, 0.3) is 0 Å². The summed E-state index contributed by atoms with van der Waals surface area (Å²) >= 11 is 6.29. The molecule has 2 aromatic carbocycles. The van der Waals surface area contributed by atoms with E-state index in [4.69, 9.17) is 21.1 Å². The number of ether oxygens (including phenoxy) is 2. The van der Waals surface area contributed by atoms with Crippen LogP contribution in [-0.4, -0.2) is 48.4 Å². The Balaban J connectivity index is 1.69. The van der Waals surface area contributed by atoms with Crippen LogP contribution < -0.4 is 9.47 Å². The van der Waals surface area contributed by atoms with Crippen molar-refractivity contribution >= 4 is 17.5 Å². The van der Waals surface area contributed by atoms with Gasteiger partial charge >= 0.3 is 0 Å². The van der Waals surface area contributed by atoms with Crippen molar-refractivity contribution < 1.29 is 14.3 Å². The molecule has 0 aliphatic rings. The average molecular weight is 456 g/mol. The van der Waals surface area contributed by atoms with Gasteiger partial charge < -0.3 is 14.4 Å². The number of methoxy groups -OCH3 is 2. The first kappa shape index (κ1) is 23.7. The fourth-order valence-electron chi connectivity index (χ4n) is 3.64. The number of nitrogens with zero attached hydrogens (tertiary/aromatic N) is 3. The van der Waals surface area contributed by atoms with Crippen LogP contribution in [0.2, 0.25) is 5.02 Å². The SMILES string of the molecule is COc1ccc(CCN(C)C(=O)Cc2c(C)nn(-c3ccc(C)c(Cl)c3)c2C)cc1OC. The summed E-state index contributed by atoms with van der Waals surface area (Å²) in [6, 6.07) is 11.7. The Labute approximate surface area is 194 Å². The second-order valence-corrected chi connectivity index (χ2v) is 8.33. The molecule has 1 heterocycles. The Hall–Kier alpha value is -2.99. The third-order valence-corrected chi connectivity index (χ3v) is 6.19. The molecule has 0 N–H and O–H groups in total. The fourth-order valence-corrected chi connectivity index (χ4v) is 3.81. The second-order valence-electron chi connectivity index (χ2n) is 7.93. The number of benzene rings is 2. The molecule has 0 saturated heterocycles. The fraction of sp³-hybridized carbons (Fsp3) is 0.360. The van der Waals surface area contributed by atoms with E-state index in [-0.39, 0.29) is 5.91 Å². The predicted molar refractivity (Wildman–Crippen MR) is 127 cm³/mol. The lowest BCUT2D eigenvalue weighted by Crippen LogP contribution is -2.30. The van der Waals surface area contributed by atoms with Crippen LogP contribution in [0.1, 0.15) is 28.1 Å². The van der Waals surface area contributed by atoms with Gasteiger partial charge in [-0.15, -0.1) is 0 Å². The first-order valence-electron chi connectivity index (χ1n) is 10.5. The van der Waals surface area contributed by atoms with Crippen LogP contribution in [0.4, 0.5) is 0 Å². The van der Waals surface area contributed by atoms with E-state index < -0.39 is 0 Å². The van der Waals surface area contributed by atoms with Crippen molar-refractivity contribution in [2.45, 2.75) is 33.6 Å². The molecule has 0 atom stereocenters. The molecule has 0 radical (unpaired) electrons. The zero-order valence-corrected chi connectivity index (χ0v) is 20.3. The summed E-state index contributed by atoms with van der Waals surface area (Å²) in [5.74, 6) is 1.44. The Kier molecular flexibility index (Phi) is 7.46. The van der Waals surface area contributed by atoms with E-state index >= 15 is 0 Å². The van der Waals surface area contributed by atoms with Crippen LogP contribution in [0.25, 0.3) is 5.69 Å². The number of amides is 1. The number of halogens is 1. The molecule has 6 nitrogen and oxygen atoms in total. The third-order valence-electron chi connectivity index (χ3n) is 5.78. The van der Waals surface area contributed by atoms with Gasteiger partial charge in [-0.1, -0.05) is 23.7 Å². The molecule has 0 unspecified atom stereocenters. The molecule has 0 saturated carbocycles. The van der Waals surface area contributed by atoms with Crippen LogP contribution in [-0.2, 0) is 17.6 Å². The van der Waals surface area contributed by atoms with Gasteiger partial charge in [0.05, 0.1) is 32.0 Å². The number of aryl methyl sites for hydroxylation is 2. The van der Waals surface area contributed by atoms with Gasteiger partial charge in [0.2, 0.25) is 5.91 Å². The van der Waals surface area contributed by atoms with Gasteiger partial charge in [-0.25, -0.2) is 4.68 Å². The standard InChI is InChI=1S/C25H30ClN3O3/c1-16-7-9-20(14-22(16)26)29-18(3)21(17(2)27-29)15-25(30)28(4)12-11-19-8-10-23(31-5)24(13-19)32-6/h7-10,13-14H,11-12,15H2,1-6H3. The minimum Gasteiger partial charge on any atom is -0.493 e.